The molecule has 452 valence electrons. The van der Waals surface area contributed by atoms with Crippen LogP contribution in [0.25, 0.3) is 0 Å². The van der Waals surface area contributed by atoms with Gasteiger partial charge >= 0.3 is 18.3 Å². The van der Waals surface area contributed by atoms with Crippen LogP contribution in [0.3, 0.4) is 0 Å². The highest BCUT2D eigenvalue weighted by molar-refractivity contribution is 5.86. The maximum Gasteiger partial charge on any atom is 0.412 e. The Morgan fingerprint density at radius 3 is 1.76 bits per heavy atom. The fraction of sp³-hybridized carbons (Fsp3) is 0.633. The molecular formula is C60H74F3N3O17. The number of ether oxygens (including phenoxy) is 9. The van der Waals surface area contributed by atoms with Gasteiger partial charge in [0.25, 0.3) is 0 Å². The van der Waals surface area contributed by atoms with Gasteiger partial charge in [-0.2, -0.15) is 0 Å². The van der Waals surface area contributed by atoms with Gasteiger partial charge in [0, 0.05) is 24.7 Å². The average molecular weight is 1170 g/mol. The molecule has 83 heavy (non-hydrogen) atoms. The fourth-order valence-corrected chi connectivity index (χ4v) is 15.7. The Kier molecular flexibility index (Phi) is 17.0. The molecule has 3 aromatic rings. The maximum absolute atomic E-state index is 14.8. The highest BCUT2D eigenvalue weighted by Crippen LogP contribution is 2.71. The number of fused-ring (bicyclic) bond motifs is 7. The SMILES string of the molecule is C[C@@H]1CC[C@@]2(OC1)O[C@H]1C[C@H]3[C@@H]4CC[C@H]5C[C@@H](O[C@@H]6O[C@@H](COC(=O)Nc7ccccc7F)[C@@H](O[C@@H]7O[C@@H](COC(=O)Nc8ccccc8F)[C@@H](OC(=O)Nc8ccccc8F)[C@H](O)[C@@H]7O)[C@H](O)[C@@H]6O)CC[C@]5(C)[C@H]4C(=O)C[C@]3(C)[C@H]1[C@@H]2C. The van der Waals surface area contributed by atoms with Crippen LogP contribution in [0.15, 0.2) is 72.8 Å². The Morgan fingerprint density at radius 1 is 0.651 bits per heavy atom. The number of Topliss-reactive ketones (excluding diaryl/α,β-unsaturated/α-hetero) is 1. The third-order valence-electron chi connectivity index (χ3n) is 19.8. The number of carbonyl (C=O) groups is 4. The Hall–Kier alpha value is -5.47. The van der Waals surface area contributed by atoms with Crippen molar-refractivity contribution >= 4 is 41.1 Å². The van der Waals surface area contributed by atoms with E-state index in [2.05, 4.69) is 43.6 Å². The number of para-hydroxylation sites is 3. The number of aliphatic hydroxyl groups excluding tert-OH is 4. The molecule has 22 atom stereocenters. The van der Waals surface area contributed by atoms with Crippen molar-refractivity contribution in [3.8, 4) is 0 Å². The number of rotatable bonds is 12. The monoisotopic (exact) mass is 1170 g/mol. The summed E-state index contributed by atoms with van der Waals surface area (Å²) < 4.78 is 98.2. The van der Waals surface area contributed by atoms with Gasteiger partial charge in [0.2, 0.25) is 0 Å². The van der Waals surface area contributed by atoms with Crippen LogP contribution in [-0.4, -0.2) is 144 Å². The summed E-state index contributed by atoms with van der Waals surface area (Å²) in [4.78, 5) is 54.2. The Balaban J connectivity index is 0.783. The third kappa shape index (κ3) is 11.5. The molecule has 4 saturated carbocycles. The lowest BCUT2D eigenvalue weighted by Crippen LogP contribution is -2.65. The topological polar surface area (TPSA) is 268 Å². The molecule has 11 rings (SSSR count). The van der Waals surface area contributed by atoms with Crippen molar-refractivity contribution in [3.63, 3.8) is 0 Å². The number of carbonyl (C=O) groups excluding carboxylic acids is 4. The molecule has 0 aromatic heterocycles. The van der Waals surface area contributed by atoms with E-state index in [-0.39, 0.29) is 63.6 Å². The van der Waals surface area contributed by atoms with Gasteiger partial charge in [-0.15, -0.1) is 0 Å². The molecule has 4 heterocycles. The Morgan fingerprint density at radius 2 is 1.19 bits per heavy atom. The van der Waals surface area contributed by atoms with Gasteiger partial charge in [-0.25, -0.2) is 27.6 Å². The summed E-state index contributed by atoms with van der Waals surface area (Å²) in [5, 5.41) is 53.7. The zero-order valence-electron chi connectivity index (χ0n) is 46.6. The van der Waals surface area contributed by atoms with Crippen LogP contribution in [0.2, 0.25) is 0 Å². The average Bonchev–Trinajstić information content (AvgIpc) is 1.63. The standard InChI is InChI=1S/C60H74F3N3O17/c1-29-19-22-60(77-26-29)30(2)45-42(83-60)24-34-33-18-17-31-23-32(20-21-58(31,3)46(33)41(67)25-59(34,45)4)78-53-49(70)47(68)51(43(79-53)27-75-55(72)64-38-14-8-5-11-35(38)61)81-54-50(71)48(69)52(82-57(74)66-40-16-10-7-13-37(40)63)44(80-54)28-76-56(73)65-39-15-9-6-12-36(39)62/h5-16,29-34,42-54,68-71H,17-28H2,1-4H3,(H,64,72)(H,65,73)(H,66,74)/t29-,30+,31+,32+,33+,34+,42+,43+,44+,45+,46-,47-,48-,49+,50+,51-,52-,53-,54+,58+,59+,60-/m1/s1. The molecule has 3 aromatic carbocycles. The predicted molar refractivity (Wildman–Crippen MR) is 286 cm³/mol. The number of hydrogen-bond acceptors (Lipinski definition) is 17. The molecule has 1 spiro atoms. The number of aliphatic hydroxyl groups is 4. The second-order valence-corrected chi connectivity index (χ2v) is 24.7. The smallest absolute Gasteiger partial charge is 0.412 e. The zero-order chi connectivity index (χ0) is 58.7. The van der Waals surface area contributed by atoms with E-state index in [1.165, 1.54) is 54.6 Å². The summed E-state index contributed by atoms with van der Waals surface area (Å²) in [6.07, 6.45) is -16.2. The number of nitrogens with one attached hydrogen (secondary N) is 3. The van der Waals surface area contributed by atoms with Crippen LogP contribution in [0.4, 0.5) is 44.6 Å². The van der Waals surface area contributed by atoms with Crippen molar-refractivity contribution in [2.24, 2.45) is 52.3 Å². The van der Waals surface area contributed by atoms with Gasteiger partial charge in [0.15, 0.2) is 24.5 Å². The third-order valence-corrected chi connectivity index (χ3v) is 19.8. The molecule has 8 aliphatic rings. The molecule has 4 aliphatic heterocycles. The van der Waals surface area contributed by atoms with E-state index < -0.39 is 122 Å². The van der Waals surface area contributed by atoms with E-state index in [1.807, 2.05) is 0 Å². The predicted octanol–water partition coefficient (Wildman–Crippen LogP) is 7.81. The first-order valence-corrected chi connectivity index (χ1v) is 28.9. The van der Waals surface area contributed by atoms with E-state index in [0.29, 0.717) is 49.9 Å². The summed E-state index contributed by atoms with van der Waals surface area (Å²) in [6, 6.07) is 15.6. The summed E-state index contributed by atoms with van der Waals surface area (Å²) in [5.41, 5.74) is -1.33. The minimum atomic E-state index is -2.15. The van der Waals surface area contributed by atoms with E-state index in [9.17, 15) is 52.8 Å². The molecule has 0 bridgehead atoms. The second-order valence-electron chi connectivity index (χ2n) is 24.7. The summed E-state index contributed by atoms with van der Waals surface area (Å²) in [6.45, 7) is 8.07. The van der Waals surface area contributed by atoms with Gasteiger partial charge in [0.05, 0.1) is 35.9 Å². The van der Waals surface area contributed by atoms with Gasteiger partial charge in [-0.05, 0) is 122 Å². The first-order valence-electron chi connectivity index (χ1n) is 28.9. The molecule has 4 aliphatic carbocycles. The molecule has 23 heteroatoms. The minimum absolute atomic E-state index is 0.0334. The second kappa shape index (κ2) is 23.8. The van der Waals surface area contributed by atoms with E-state index in [4.69, 9.17) is 42.6 Å². The maximum atomic E-state index is 14.8. The largest absolute Gasteiger partial charge is 0.446 e. The van der Waals surface area contributed by atoms with Crippen molar-refractivity contribution in [2.45, 2.75) is 165 Å². The summed E-state index contributed by atoms with van der Waals surface area (Å²) in [5.74, 6) is -1.41. The van der Waals surface area contributed by atoms with E-state index in [0.717, 1.165) is 50.3 Å². The van der Waals surface area contributed by atoms with Crippen molar-refractivity contribution in [2.75, 3.05) is 35.8 Å². The fourth-order valence-electron chi connectivity index (χ4n) is 15.7. The quantitative estimate of drug-likeness (QED) is 0.0673. The van der Waals surface area contributed by atoms with Crippen molar-refractivity contribution in [3.05, 3.63) is 90.2 Å². The molecule has 8 fully saturated rings. The van der Waals surface area contributed by atoms with Crippen LogP contribution < -0.4 is 16.0 Å². The lowest BCUT2D eigenvalue weighted by Gasteiger charge is -2.60. The molecule has 20 nitrogen and oxygen atoms in total. The highest BCUT2D eigenvalue weighted by atomic mass is 19.1. The lowest BCUT2D eigenvalue weighted by atomic mass is 9.44. The molecular weight excluding hydrogens is 1090 g/mol. The molecule has 4 saturated heterocycles. The Bertz CT molecular complexity index is 2870. The van der Waals surface area contributed by atoms with Gasteiger partial charge in [-0.1, -0.05) is 64.1 Å². The van der Waals surface area contributed by atoms with Crippen LogP contribution in [0.1, 0.15) is 85.5 Å². The Labute approximate surface area is 478 Å². The number of benzene rings is 3. The van der Waals surface area contributed by atoms with Crippen LogP contribution in [0.5, 0.6) is 0 Å². The summed E-state index contributed by atoms with van der Waals surface area (Å²) >= 11 is 0. The van der Waals surface area contributed by atoms with E-state index >= 15 is 0 Å². The van der Waals surface area contributed by atoms with Gasteiger partial charge in [0.1, 0.15) is 79.2 Å². The van der Waals surface area contributed by atoms with Crippen molar-refractivity contribution < 1.29 is 95.4 Å². The first-order chi connectivity index (χ1) is 39.7. The number of ketones is 1. The molecule has 0 radical (unpaired) electrons. The van der Waals surface area contributed by atoms with Crippen LogP contribution in [0, 0.1) is 69.7 Å². The highest BCUT2D eigenvalue weighted by Gasteiger charge is 2.71. The number of hydrogen-bond donors (Lipinski definition) is 7. The molecule has 0 unspecified atom stereocenters. The first kappa shape index (κ1) is 59.3. The van der Waals surface area contributed by atoms with Gasteiger partial charge < -0.3 is 63.1 Å². The number of anilines is 3. The summed E-state index contributed by atoms with van der Waals surface area (Å²) in [7, 11) is 0. The van der Waals surface area contributed by atoms with E-state index in [1.54, 1.807) is 0 Å². The normalized spacial score (nSPS) is 40.9. The number of halogens is 3. The molecule has 3 amide bonds. The zero-order valence-corrected chi connectivity index (χ0v) is 46.6. The minimum Gasteiger partial charge on any atom is -0.446 e. The van der Waals surface area contributed by atoms with Crippen molar-refractivity contribution in [1.29, 1.82) is 0 Å². The molecule has 7 N–H and O–H groups in total. The van der Waals surface area contributed by atoms with Gasteiger partial charge in [-0.3, -0.25) is 20.7 Å². The lowest BCUT2D eigenvalue weighted by molar-refractivity contribution is -0.363. The van der Waals surface area contributed by atoms with Crippen molar-refractivity contribution in [1.82, 2.24) is 0 Å². The van der Waals surface area contributed by atoms with Crippen LogP contribution in [-0.2, 0) is 47.4 Å². The number of amides is 3. The van der Waals surface area contributed by atoms with Crippen LogP contribution >= 0.6 is 0 Å².